The summed E-state index contributed by atoms with van der Waals surface area (Å²) < 4.78 is 5.05. The zero-order chi connectivity index (χ0) is 8.77. The summed E-state index contributed by atoms with van der Waals surface area (Å²) in [5.74, 6) is 1.29. The Bertz CT molecular complexity index is 212. The Morgan fingerprint density at radius 2 is 2.17 bits per heavy atom. The molecule has 1 aliphatic heterocycles. The quantitative estimate of drug-likeness (QED) is 0.561. The van der Waals surface area contributed by atoms with Gasteiger partial charge in [-0.15, -0.1) is 0 Å². The Labute approximate surface area is 73.3 Å². The summed E-state index contributed by atoms with van der Waals surface area (Å²) in [4.78, 5) is 11.0. The highest BCUT2D eigenvalue weighted by molar-refractivity contribution is 5.92. The van der Waals surface area contributed by atoms with E-state index in [0.29, 0.717) is 5.92 Å². The summed E-state index contributed by atoms with van der Waals surface area (Å²) in [6.45, 7) is 4.21. The largest absolute Gasteiger partial charge is 0.444 e. The van der Waals surface area contributed by atoms with Crippen LogP contribution < -0.4 is 0 Å². The van der Waals surface area contributed by atoms with E-state index in [2.05, 4.69) is 6.92 Å². The van der Waals surface area contributed by atoms with Gasteiger partial charge in [0.2, 0.25) is 5.60 Å². The summed E-state index contributed by atoms with van der Waals surface area (Å²) in [5, 5.41) is 0. The third-order valence-electron chi connectivity index (χ3n) is 3.38. The van der Waals surface area contributed by atoms with Crippen molar-refractivity contribution in [2.45, 2.75) is 45.1 Å². The van der Waals surface area contributed by atoms with Crippen molar-refractivity contribution < 1.29 is 9.53 Å². The number of cyclic esters (lactones) is 1. The molecule has 1 saturated heterocycles. The van der Waals surface area contributed by atoms with Crippen molar-refractivity contribution in [2.24, 2.45) is 11.8 Å². The normalized spacial score (nSPS) is 47.0. The lowest BCUT2D eigenvalue weighted by Gasteiger charge is -2.27. The first kappa shape index (κ1) is 8.09. The highest BCUT2D eigenvalue weighted by Gasteiger charge is 2.59. The van der Waals surface area contributed by atoms with Crippen molar-refractivity contribution in [1.82, 2.24) is 0 Å². The number of epoxide rings is 1. The van der Waals surface area contributed by atoms with Crippen LogP contribution in [0.2, 0.25) is 0 Å². The van der Waals surface area contributed by atoms with E-state index in [-0.39, 0.29) is 11.6 Å². The van der Waals surface area contributed by atoms with E-state index >= 15 is 0 Å². The SMILES string of the molecule is CC1CCCC(C2(C)OC2=O)C1. The molecular weight excluding hydrogens is 152 g/mol. The van der Waals surface area contributed by atoms with E-state index in [0.717, 1.165) is 5.92 Å². The summed E-state index contributed by atoms with van der Waals surface area (Å²) >= 11 is 0. The molecule has 3 unspecified atom stereocenters. The Kier molecular flexibility index (Phi) is 1.67. The average molecular weight is 168 g/mol. The molecule has 0 aromatic heterocycles. The van der Waals surface area contributed by atoms with E-state index in [1.807, 2.05) is 6.92 Å². The van der Waals surface area contributed by atoms with Crippen LogP contribution in [0, 0.1) is 11.8 Å². The Hall–Kier alpha value is -0.530. The molecule has 0 radical (unpaired) electrons. The molecule has 68 valence electrons. The molecule has 2 nitrogen and oxygen atoms in total. The second kappa shape index (κ2) is 2.48. The van der Waals surface area contributed by atoms with E-state index in [1.165, 1.54) is 25.7 Å². The van der Waals surface area contributed by atoms with Crippen molar-refractivity contribution in [2.75, 3.05) is 0 Å². The Morgan fingerprint density at radius 3 is 2.67 bits per heavy atom. The zero-order valence-electron chi connectivity index (χ0n) is 7.80. The van der Waals surface area contributed by atoms with Crippen LogP contribution in [0.15, 0.2) is 0 Å². The fourth-order valence-electron chi connectivity index (χ4n) is 2.35. The van der Waals surface area contributed by atoms with Crippen molar-refractivity contribution >= 4 is 5.97 Å². The van der Waals surface area contributed by atoms with Gasteiger partial charge in [-0.05, 0) is 25.7 Å². The minimum atomic E-state index is -0.380. The molecule has 1 heterocycles. The molecule has 0 aromatic rings. The van der Waals surface area contributed by atoms with Crippen LogP contribution in [0.25, 0.3) is 0 Å². The summed E-state index contributed by atoms with van der Waals surface area (Å²) in [5.41, 5.74) is -0.380. The topological polar surface area (TPSA) is 29.6 Å². The van der Waals surface area contributed by atoms with Crippen LogP contribution in [0.4, 0.5) is 0 Å². The number of carbonyl (C=O) groups is 1. The monoisotopic (exact) mass is 168 g/mol. The van der Waals surface area contributed by atoms with Crippen molar-refractivity contribution in [3.63, 3.8) is 0 Å². The first-order valence-electron chi connectivity index (χ1n) is 4.86. The predicted molar refractivity (Wildman–Crippen MR) is 45.6 cm³/mol. The molecule has 2 rings (SSSR count). The summed E-state index contributed by atoms with van der Waals surface area (Å²) in [7, 11) is 0. The van der Waals surface area contributed by atoms with Crippen molar-refractivity contribution in [3.05, 3.63) is 0 Å². The summed E-state index contributed by atoms with van der Waals surface area (Å²) in [6, 6.07) is 0. The molecule has 2 heteroatoms. The molecule has 0 N–H and O–H groups in total. The molecule has 1 saturated carbocycles. The average Bonchev–Trinajstić information content (AvgIpc) is 2.61. The Balaban J connectivity index is 2.00. The van der Waals surface area contributed by atoms with Gasteiger partial charge in [0.05, 0.1) is 0 Å². The highest BCUT2D eigenvalue weighted by Crippen LogP contribution is 2.45. The molecule has 2 aliphatic rings. The van der Waals surface area contributed by atoms with Gasteiger partial charge in [-0.1, -0.05) is 19.8 Å². The zero-order valence-corrected chi connectivity index (χ0v) is 7.80. The third kappa shape index (κ3) is 1.13. The molecule has 0 bridgehead atoms. The van der Waals surface area contributed by atoms with Crippen LogP contribution in [-0.4, -0.2) is 11.6 Å². The van der Waals surface area contributed by atoms with E-state index < -0.39 is 0 Å². The molecule has 2 fully saturated rings. The number of rotatable bonds is 1. The van der Waals surface area contributed by atoms with E-state index in [9.17, 15) is 4.79 Å². The second-order valence-electron chi connectivity index (χ2n) is 4.47. The van der Waals surface area contributed by atoms with Gasteiger partial charge in [-0.25, -0.2) is 4.79 Å². The van der Waals surface area contributed by atoms with E-state index in [1.54, 1.807) is 0 Å². The summed E-state index contributed by atoms with van der Waals surface area (Å²) in [6.07, 6.45) is 4.92. The maximum absolute atomic E-state index is 11.0. The van der Waals surface area contributed by atoms with Gasteiger partial charge >= 0.3 is 5.97 Å². The van der Waals surface area contributed by atoms with Crippen LogP contribution in [0.3, 0.4) is 0 Å². The maximum atomic E-state index is 11.0. The van der Waals surface area contributed by atoms with Crippen LogP contribution in [0.1, 0.15) is 39.5 Å². The fourth-order valence-corrected chi connectivity index (χ4v) is 2.35. The van der Waals surface area contributed by atoms with Crippen LogP contribution >= 0.6 is 0 Å². The number of hydrogen-bond acceptors (Lipinski definition) is 2. The number of carbonyl (C=O) groups excluding carboxylic acids is 1. The Morgan fingerprint density at radius 1 is 1.50 bits per heavy atom. The number of hydrogen-bond donors (Lipinski definition) is 0. The lowest BCUT2D eigenvalue weighted by atomic mass is 9.76. The molecule has 0 aromatic carbocycles. The minimum absolute atomic E-state index is 0.0154. The van der Waals surface area contributed by atoms with Crippen LogP contribution in [-0.2, 0) is 9.53 Å². The maximum Gasteiger partial charge on any atom is 0.351 e. The van der Waals surface area contributed by atoms with E-state index in [4.69, 9.17) is 4.74 Å². The van der Waals surface area contributed by atoms with Gasteiger partial charge in [0, 0.05) is 5.92 Å². The third-order valence-corrected chi connectivity index (χ3v) is 3.38. The molecule has 3 atom stereocenters. The van der Waals surface area contributed by atoms with Gasteiger partial charge in [0.15, 0.2) is 0 Å². The first-order valence-corrected chi connectivity index (χ1v) is 4.86. The van der Waals surface area contributed by atoms with Gasteiger partial charge in [-0.2, -0.15) is 0 Å². The van der Waals surface area contributed by atoms with Crippen molar-refractivity contribution in [3.8, 4) is 0 Å². The lowest BCUT2D eigenvalue weighted by molar-refractivity contribution is -0.117. The minimum Gasteiger partial charge on any atom is -0.444 e. The molecular formula is C10H16O2. The van der Waals surface area contributed by atoms with Gasteiger partial charge in [0.1, 0.15) is 0 Å². The smallest absolute Gasteiger partial charge is 0.351 e. The molecule has 1 aliphatic carbocycles. The van der Waals surface area contributed by atoms with Gasteiger partial charge in [-0.3, -0.25) is 0 Å². The molecule has 12 heavy (non-hydrogen) atoms. The first-order chi connectivity index (χ1) is 5.63. The second-order valence-corrected chi connectivity index (χ2v) is 4.47. The van der Waals surface area contributed by atoms with Gasteiger partial charge in [0.25, 0.3) is 0 Å². The highest BCUT2D eigenvalue weighted by atomic mass is 16.7. The standard InChI is InChI=1S/C10H16O2/c1-7-4-3-5-8(6-7)10(2)9(11)12-10/h7-8H,3-6H2,1-2H3. The molecule has 0 spiro atoms. The molecule has 0 amide bonds. The lowest BCUT2D eigenvalue weighted by Crippen LogP contribution is -2.27. The predicted octanol–water partition coefficient (Wildman–Crippen LogP) is 2.13. The van der Waals surface area contributed by atoms with Crippen LogP contribution in [0.5, 0.6) is 0 Å². The van der Waals surface area contributed by atoms with Crippen molar-refractivity contribution in [1.29, 1.82) is 0 Å². The fraction of sp³-hybridized carbons (Fsp3) is 0.900. The number of ether oxygens (including phenoxy) is 1. The van der Waals surface area contributed by atoms with Gasteiger partial charge < -0.3 is 4.74 Å².